The summed E-state index contributed by atoms with van der Waals surface area (Å²) in [5, 5.41) is 7.24. The number of hydrogen-bond donors (Lipinski definition) is 1. The smallest absolute Gasteiger partial charge is 0.417 e. The molecular weight excluding hydrogens is 473 g/mol. The number of hydrogen-bond acceptors (Lipinski definition) is 7. The molecule has 1 aliphatic carbocycles. The van der Waals surface area contributed by atoms with Crippen molar-refractivity contribution in [3.63, 3.8) is 0 Å². The molecule has 0 atom stereocenters. The quantitative estimate of drug-likeness (QED) is 0.466. The third-order valence-electron chi connectivity index (χ3n) is 5.56. The molecule has 3 aromatic heterocycles. The number of ether oxygens (including phenoxy) is 1. The van der Waals surface area contributed by atoms with E-state index in [0.29, 0.717) is 23.7 Å². The highest BCUT2D eigenvalue weighted by molar-refractivity contribution is 7.91. The van der Waals surface area contributed by atoms with Crippen molar-refractivity contribution in [2.75, 3.05) is 17.7 Å². The molecule has 0 bridgehead atoms. The van der Waals surface area contributed by atoms with Gasteiger partial charge < -0.3 is 10.1 Å². The summed E-state index contributed by atoms with van der Waals surface area (Å²) in [6.07, 6.45) is -0.159. The van der Waals surface area contributed by atoms with Crippen molar-refractivity contribution < 1.29 is 31.1 Å². The number of pyridine rings is 2. The number of halogens is 3. The van der Waals surface area contributed by atoms with E-state index in [2.05, 4.69) is 15.4 Å². The molecule has 12 heteroatoms. The van der Waals surface area contributed by atoms with Crippen LogP contribution in [0.2, 0.25) is 0 Å². The van der Waals surface area contributed by atoms with E-state index in [1.54, 1.807) is 12.3 Å². The zero-order valence-corrected chi connectivity index (χ0v) is 19.3. The van der Waals surface area contributed by atoms with Crippen molar-refractivity contribution in [3.05, 3.63) is 53.0 Å². The number of nitrogens with zero attached hydrogens (tertiary/aromatic N) is 3. The Kier molecular flexibility index (Phi) is 6.28. The van der Waals surface area contributed by atoms with Gasteiger partial charge in [-0.3, -0.25) is 4.98 Å². The number of aromatic nitrogens is 3. The van der Waals surface area contributed by atoms with Crippen LogP contribution in [-0.4, -0.2) is 41.3 Å². The van der Waals surface area contributed by atoms with Crippen molar-refractivity contribution in [2.24, 2.45) is 0 Å². The molecular formula is C22H23F3N4O4S. The zero-order chi connectivity index (χ0) is 24.7. The Bertz CT molecular complexity index is 1350. The van der Waals surface area contributed by atoms with E-state index in [1.165, 1.54) is 18.4 Å². The van der Waals surface area contributed by atoms with Gasteiger partial charge in [0, 0.05) is 12.4 Å². The molecule has 34 heavy (non-hydrogen) atoms. The fraction of sp³-hybridized carbons (Fsp3) is 0.409. The average Bonchev–Trinajstić information content (AvgIpc) is 3.57. The molecule has 1 N–H and O–H groups in total. The minimum absolute atomic E-state index is 0.0121. The summed E-state index contributed by atoms with van der Waals surface area (Å²) < 4.78 is 71.5. The summed E-state index contributed by atoms with van der Waals surface area (Å²) in [7, 11) is -3.70. The van der Waals surface area contributed by atoms with Gasteiger partial charge in [-0.1, -0.05) is 13.0 Å². The van der Waals surface area contributed by atoms with Gasteiger partial charge in [0.25, 0.3) is 0 Å². The van der Waals surface area contributed by atoms with E-state index in [1.807, 2.05) is 6.07 Å². The van der Waals surface area contributed by atoms with Crippen LogP contribution < -0.4 is 5.32 Å². The molecule has 3 aromatic rings. The van der Waals surface area contributed by atoms with Crippen LogP contribution in [0, 0.1) is 0 Å². The van der Waals surface area contributed by atoms with Crippen LogP contribution in [0.5, 0.6) is 0 Å². The van der Waals surface area contributed by atoms with E-state index < -0.39 is 27.5 Å². The lowest BCUT2D eigenvalue weighted by Gasteiger charge is -2.13. The van der Waals surface area contributed by atoms with Crippen LogP contribution in [0.3, 0.4) is 0 Å². The largest absolute Gasteiger partial charge is 0.462 e. The fourth-order valence-corrected chi connectivity index (χ4v) is 4.79. The van der Waals surface area contributed by atoms with Crippen LogP contribution in [0.15, 0.2) is 35.5 Å². The van der Waals surface area contributed by atoms with Gasteiger partial charge in [0.2, 0.25) is 0 Å². The Morgan fingerprint density at radius 3 is 2.62 bits per heavy atom. The number of rotatable bonds is 8. The molecule has 1 aliphatic rings. The third kappa shape index (κ3) is 4.72. The van der Waals surface area contributed by atoms with Crippen molar-refractivity contribution in [2.45, 2.75) is 50.2 Å². The molecule has 0 saturated heterocycles. The first-order valence-electron chi connectivity index (χ1n) is 10.8. The van der Waals surface area contributed by atoms with E-state index in [-0.39, 0.29) is 40.9 Å². The predicted octanol–water partition coefficient (Wildman–Crippen LogP) is 4.21. The summed E-state index contributed by atoms with van der Waals surface area (Å²) in [5.41, 5.74) is -0.0319. The summed E-state index contributed by atoms with van der Waals surface area (Å²) in [6, 6.07) is 4.26. The van der Waals surface area contributed by atoms with Gasteiger partial charge >= 0.3 is 12.1 Å². The van der Waals surface area contributed by atoms with Crippen molar-refractivity contribution >= 4 is 27.1 Å². The molecule has 182 valence electrons. The molecule has 1 saturated carbocycles. The van der Waals surface area contributed by atoms with Crippen LogP contribution in [0.25, 0.3) is 5.52 Å². The molecule has 0 spiro atoms. The number of sulfone groups is 1. The van der Waals surface area contributed by atoms with Crippen molar-refractivity contribution in [3.8, 4) is 0 Å². The lowest BCUT2D eigenvalue weighted by molar-refractivity contribution is -0.137. The van der Waals surface area contributed by atoms with Crippen LogP contribution in [0.4, 0.5) is 19.0 Å². The lowest BCUT2D eigenvalue weighted by atomic mass is 10.1. The second-order valence-electron chi connectivity index (χ2n) is 7.94. The van der Waals surface area contributed by atoms with E-state index >= 15 is 0 Å². The number of alkyl halides is 3. The van der Waals surface area contributed by atoms with Gasteiger partial charge in [-0.05, 0) is 43.4 Å². The van der Waals surface area contributed by atoms with Crippen LogP contribution in [-0.2, 0) is 27.3 Å². The molecule has 1 fully saturated rings. The molecule has 3 heterocycles. The minimum atomic E-state index is -4.69. The Hall–Kier alpha value is -3.15. The summed E-state index contributed by atoms with van der Waals surface area (Å²) in [4.78, 5) is 16.1. The maximum atomic E-state index is 13.1. The third-order valence-corrected chi connectivity index (χ3v) is 7.35. The summed E-state index contributed by atoms with van der Waals surface area (Å²) in [5.74, 6) is -0.658. The Labute approximate surface area is 194 Å². The lowest BCUT2D eigenvalue weighted by Crippen LogP contribution is -2.16. The monoisotopic (exact) mass is 496 g/mol. The minimum Gasteiger partial charge on any atom is -0.462 e. The molecule has 8 nitrogen and oxygen atoms in total. The van der Waals surface area contributed by atoms with Gasteiger partial charge in [0.15, 0.2) is 15.7 Å². The molecule has 0 aliphatic heterocycles. The Morgan fingerprint density at radius 1 is 1.26 bits per heavy atom. The Morgan fingerprint density at radius 2 is 2.00 bits per heavy atom. The van der Waals surface area contributed by atoms with Crippen molar-refractivity contribution in [1.82, 2.24) is 14.6 Å². The molecule has 0 amide bonds. The average molecular weight is 497 g/mol. The number of fused-ring (bicyclic) bond motifs is 1. The first-order valence-corrected chi connectivity index (χ1v) is 12.4. The number of esters is 1. The normalized spacial score (nSPS) is 14.4. The van der Waals surface area contributed by atoms with E-state index in [4.69, 9.17) is 4.74 Å². The first-order chi connectivity index (χ1) is 16.0. The number of carbonyl (C=O) groups is 1. The number of nitrogens with one attached hydrogen (secondary N) is 1. The Balaban J connectivity index is 1.73. The maximum absolute atomic E-state index is 13.1. The van der Waals surface area contributed by atoms with E-state index in [0.717, 1.165) is 18.4 Å². The second kappa shape index (κ2) is 8.90. The van der Waals surface area contributed by atoms with Gasteiger partial charge in [-0.2, -0.15) is 13.2 Å². The molecule has 4 rings (SSSR count). The highest BCUT2D eigenvalue weighted by Gasteiger charge is 2.33. The van der Waals surface area contributed by atoms with Gasteiger partial charge in [-0.15, -0.1) is 5.10 Å². The SMILES string of the molecule is CCOC(=O)c1cc(C(F)(F)F)cnc1CNc1nn2cc(C3CC3)ccc2c1S(=O)(=O)CC. The second-order valence-corrected chi connectivity index (χ2v) is 10.2. The van der Waals surface area contributed by atoms with E-state index in [9.17, 15) is 26.4 Å². The van der Waals surface area contributed by atoms with Crippen molar-refractivity contribution in [1.29, 1.82) is 0 Å². The van der Waals surface area contributed by atoms with Gasteiger partial charge in [-0.25, -0.2) is 17.7 Å². The molecule has 0 unspecified atom stereocenters. The fourth-order valence-electron chi connectivity index (χ4n) is 3.61. The standard InChI is InChI=1S/C22H23F3N4O4S/c1-3-33-21(30)16-9-15(22(23,24)25)10-26-17(16)11-27-20-19(34(31,32)4-2)18-8-7-14(13-5-6-13)12-29(18)28-20/h7-10,12-13H,3-6,11H2,1-2H3,(H,27,28). The number of anilines is 1. The summed E-state index contributed by atoms with van der Waals surface area (Å²) in [6.45, 7) is 2.78. The zero-order valence-electron chi connectivity index (χ0n) is 18.5. The topological polar surface area (TPSA) is 103 Å². The summed E-state index contributed by atoms with van der Waals surface area (Å²) >= 11 is 0. The highest BCUT2D eigenvalue weighted by atomic mass is 32.2. The highest BCUT2D eigenvalue weighted by Crippen LogP contribution is 2.40. The van der Waals surface area contributed by atoms with Crippen LogP contribution >= 0.6 is 0 Å². The molecule has 0 aromatic carbocycles. The predicted molar refractivity (Wildman–Crippen MR) is 117 cm³/mol. The number of carbonyl (C=O) groups excluding carboxylic acids is 1. The van der Waals surface area contributed by atoms with Crippen LogP contribution in [0.1, 0.15) is 59.8 Å². The molecule has 0 radical (unpaired) electrons. The maximum Gasteiger partial charge on any atom is 0.417 e. The van der Waals surface area contributed by atoms with Gasteiger partial charge in [0.05, 0.1) is 41.2 Å². The first kappa shape index (κ1) is 24.0. The van der Waals surface area contributed by atoms with Gasteiger partial charge in [0.1, 0.15) is 4.90 Å².